The molecule has 0 amide bonds. The van der Waals surface area contributed by atoms with Gasteiger partial charge in [-0.05, 0) is 25.1 Å². The lowest BCUT2D eigenvalue weighted by molar-refractivity contribution is 0.625. The van der Waals surface area contributed by atoms with Crippen LogP contribution in [0.3, 0.4) is 0 Å². The van der Waals surface area contributed by atoms with Crippen molar-refractivity contribution < 1.29 is 4.39 Å². The molecule has 0 saturated carbocycles. The first-order valence-corrected chi connectivity index (χ1v) is 5.20. The number of hydrogen-bond donors (Lipinski definition) is 1. The average molecular weight is 240 g/mol. The zero-order chi connectivity index (χ0) is 11.7. The Morgan fingerprint density at radius 3 is 2.81 bits per heavy atom. The quantitative estimate of drug-likeness (QED) is 0.876. The van der Waals surface area contributed by atoms with Crippen LogP contribution in [0.4, 0.5) is 4.39 Å². The molecule has 1 aromatic carbocycles. The van der Waals surface area contributed by atoms with E-state index in [9.17, 15) is 4.39 Å². The first-order chi connectivity index (χ1) is 7.58. The summed E-state index contributed by atoms with van der Waals surface area (Å²) < 4.78 is 14.9. The van der Waals surface area contributed by atoms with E-state index in [2.05, 4.69) is 4.98 Å². The Morgan fingerprint density at radius 1 is 1.44 bits per heavy atom. The summed E-state index contributed by atoms with van der Waals surface area (Å²) in [4.78, 5) is 4.00. The highest BCUT2D eigenvalue weighted by atomic mass is 35.5. The molecular weight excluding hydrogens is 229 g/mol. The summed E-state index contributed by atoms with van der Waals surface area (Å²) in [5.41, 5.74) is 7.21. The Bertz CT molecular complexity index is 487. The predicted molar refractivity (Wildman–Crippen MR) is 61.1 cm³/mol. The van der Waals surface area contributed by atoms with Crippen LogP contribution in [0.1, 0.15) is 18.7 Å². The minimum absolute atomic E-state index is 0.176. The molecule has 0 fully saturated rings. The van der Waals surface area contributed by atoms with Crippen LogP contribution in [0.25, 0.3) is 5.69 Å². The molecule has 0 aliphatic carbocycles. The summed E-state index contributed by atoms with van der Waals surface area (Å²) in [6.45, 7) is 1.84. The molecule has 0 unspecified atom stereocenters. The summed E-state index contributed by atoms with van der Waals surface area (Å²) in [7, 11) is 0. The molecule has 5 heteroatoms. The largest absolute Gasteiger partial charge is 0.323 e. The van der Waals surface area contributed by atoms with E-state index < -0.39 is 0 Å². The number of rotatable bonds is 2. The zero-order valence-corrected chi connectivity index (χ0v) is 9.45. The number of aromatic nitrogens is 2. The van der Waals surface area contributed by atoms with E-state index in [-0.39, 0.29) is 11.9 Å². The van der Waals surface area contributed by atoms with Crippen molar-refractivity contribution >= 4 is 11.6 Å². The third kappa shape index (κ3) is 2.08. The van der Waals surface area contributed by atoms with E-state index in [1.54, 1.807) is 23.2 Å². The van der Waals surface area contributed by atoms with Gasteiger partial charge in [-0.3, -0.25) is 0 Å². The van der Waals surface area contributed by atoms with Gasteiger partial charge in [-0.2, -0.15) is 0 Å². The number of imidazole rings is 1. The molecule has 2 rings (SSSR count). The lowest BCUT2D eigenvalue weighted by Crippen LogP contribution is -2.10. The van der Waals surface area contributed by atoms with E-state index in [4.69, 9.17) is 17.3 Å². The van der Waals surface area contributed by atoms with Crippen LogP contribution in [-0.2, 0) is 0 Å². The standard InChI is InChI=1S/C11H11ClFN3/c1-7(14)11-5-15-6-16(11)10-3-8(12)2-9(13)4-10/h2-7H,14H2,1H3/t7-/m0/s1. The Hall–Kier alpha value is -1.39. The molecule has 0 aliphatic rings. The fourth-order valence-corrected chi connectivity index (χ4v) is 1.75. The molecule has 1 aromatic heterocycles. The zero-order valence-electron chi connectivity index (χ0n) is 8.69. The maximum Gasteiger partial charge on any atom is 0.126 e. The van der Waals surface area contributed by atoms with Gasteiger partial charge in [0.25, 0.3) is 0 Å². The molecule has 1 heterocycles. The van der Waals surface area contributed by atoms with Crippen LogP contribution in [0.2, 0.25) is 5.02 Å². The number of halogens is 2. The second-order valence-electron chi connectivity index (χ2n) is 3.60. The number of nitrogens with two attached hydrogens (primary N) is 1. The molecule has 16 heavy (non-hydrogen) atoms. The highest BCUT2D eigenvalue weighted by molar-refractivity contribution is 6.30. The lowest BCUT2D eigenvalue weighted by atomic mass is 10.2. The van der Waals surface area contributed by atoms with E-state index in [0.29, 0.717) is 10.7 Å². The molecule has 0 bridgehead atoms. The van der Waals surface area contributed by atoms with Crippen molar-refractivity contribution in [2.75, 3.05) is 0 Å². The lowest BCUT2D eigenvalue weighted by Gasteiger charge is -2.11. The van der Waals surface area contributed by atoms with Crippen molar-refractivity contribution in [2.24, 2.45) is 5.73 Å². The summed E-state index contributed by atoms with van der Waals surface area (Å²) in [5, 5.41) is 0.347. The number of benzene rings is 1. The molecular formula is C11H11ClFN3. The monoisotopic (exact) mass is 239 g/mol. The first kappa shape index (κ1) is 11.1. The second kappa shape index (κ2) is 4.23. The van der Waals surface area contributed by atoms with Crippen LogP contribution in [0.5, 0.6) is 0 Å². The first-order valence-electron chi connectivity index (χ1n) is 4.82. The molecule has 2 aromatic rings. The minimum atomic E-state index is -0.383. The molecule has 2 N–H and O–H groups in total. The third-order valence-electron chi connectivity index (χ3n) is 2.26. The van der Waals surface area contributed by atoms with Gasteiger partial charge in [0, 0.05) is 11.1 Å². The number of nitrogens with zero attached hydrogens (tertiary/aromatic N) is 2. The van der Waals surface area contributed by atoms with Gasteiger partial charge in [0.05, 0.1) is 23.9 Å². The maximum atomic E-state index is 13.2. The van der Waals surface area contributed by atoms with E-state index in [0.717, 1.165) is 5.69 Å². The normalized spacial score (nSPS) is 12.8. The fraction of sp³-hybridized carbons (Fsp3) is 0.182. The van der Waals surface area contributed by atoms with E-state index >= 15 is 0 Å². The highest BCUT2D eigenvalue weighted by Crippen LogP contribution is 2.20. The summed E-state index contributed by atoms with van der Waals surface area (Å²) >= 11 is 5.79. The third-order valence-corrected chi connectivity index (χ3v) is 2.48. The smallest absolute Gasteiger partial charge is 0.126 e. The molecule has 0 saturated heterocycles. The van der Waals surface area contributed by atoms with E-state index in [1.165, 1.54) is 12.1 Å². The maximum absolute atomic E-state index is 13.2. The van der Waals surface area contributed by atoms with Crippen LogP contribution in [-0.4, -0.2) is 9.55 Å². The Kier molecular flexibility index (Phi) is 2.94. The van der Waals surface area contributed by atoms with Gasteiger partial charge < -0.3 is 10.3 Å². The van der Waals surface area contributed by atoms with Gasteiger partial charge in [0.15, 0.2) is 0 Å². The van der Waals surface area contributed by atoms with Crippen LogP contribution >= 0.6 is 11.6 Å². The Labute approximate surface area is 97.7 Å². The van der Waals surface area contributed by atoms with Gasteiger partial charge in [0.1, 0.15) is 5.82 Å². The van der Waals surface area contributed by atoms with Gasteiger partial charge >= 0.3 is 0 Å². The van der Waals surface area contributed by atoms with Crippen molar-refractivity contribution in [2.45, 2.75) is 13.0 Å². The van der Waals surface area contributed by atoms with E-state index in [1.807, 2.05) is 6.92 Å². The van der Waals surface area contributed by atoms with Crippen molar-refractivity contribution in [1.29, 1.82) is 0 Å². The topological polar surface area (TPSA) is 43.8 Å². The molecule has 0 aliphatic heterocycles. The fourth-order valence-electron chi connectivity index (χ4n) is 1.54. The average Bonchev–Trinajstić information content (AvgIpc) is 2.63. The van der Waals surface area contributed by atoms with Crippen molar-refractivity contribution in [1.82, 2.24) is 9.55 Å². The van der Waals surface area contributed by atoms with Gasteiger partial charge in [-0.1, -0.05) is 11.6 Å². The Balaban J connectivity index is 2.54. The van der Waals surface area contributed by atoms with Crippen LogP contribution in [0.15, 0.2) is 30.7 Å². The van der Waals surface area contributed by atoms with Gasteiger partial charge in [-0.25, -0.2) is 9.37 Å². The highest BCUT2D eigenvalue weighted by Gasteiger charge is 2.09. The Morgan fingerprint density at radius 2 is 2.19 bits per heavy atom. The predicted octanol–water partition coefficient (Wildman–Crippen LogP) is 2.68. The molecule has 0 spiro atoms. The van der Waals surface area contributed by atoms with Crippen LogP contribution < -0.4 is 5.73 Å². The minimum Gasteiger partial charge on any atom is -0.323 e. The van der Waals surface area contributed by atoms with Crippen molar-refractivity contribution in [3.05, 3.63) is 47.3 Å². The molecule has 3 nitrogen and oxygen atoms in total. The molecule has 1 atom stereocenters. The van der Waals surface area contributed by atoms with Gasteiger partial charge in [0.2, 0.25) is 0 Å². The number of hydrogen-bond acceptors (Lipinski definition) is 2. The summed E-state index contributed by atoms with van der Waals surface area (Å²) in [6.07, 6.45) is 3.24. The molecule has 84 valence electrons. The van der Waals surface area contributed by atoms with Crippen molar-refractivity contribution in [3.63, 3.8) is 0 Å². The SMILES string of the molecule is C[C@H](N)c1cncn1-c1cc(F)cc(Cl)c1. The second-order valence-corrected chi connectivity index (χ2v) is 4.04. The molecule has 0 radical (unpaired) electrons. The van der Waals surface area contributed by atoms with Crippen LogP contribution in [0, 0.1) is 5.82 Å². The summed E-state index contributed by atoms with van der Waals surface area (Å²) in [5.74, 6) is -0.383. The summed E-state index contributed by atoms with van der Waals surface area (Å²) in [6, 6.07) is 4.13. The van der Waals surface area contributed by atoms with Crippen molar-refractivity contribution in [3.8, 4) is 5.69 Å². The van der Waals surface area contributed by atoms with Gasteiger partial charge in [-0.15, -0.1) is 0 Å².